The quantitative estimate of drug-likeness (QED) is 0.264. The average Bonchev–Trinajstić information content (AvgIpc) is 2.39. The number of carbonyl (C=O) groups excluding carboxylic acids is 1. The van der Waals surface area contributed by atoms with Crippen LogP contribution in [0.1, 0.15) is 26.7 Å². The molecule has 1 amide bonds. The monoisotopic (exact) mass is 303 g/mol. The van der Waals surface area contributed by atoms with Gasteiger partial charge >= 0.3 is 13.1 Å². The van der Waals surface area contributed by atoms with Gasteiger partial charge in [0.05, 0.1) is 6.04 Å². The highest BCUT2D eigenvalue weighted by molar-refractivity contribution is 6.40. The summed E-state index contributed by atoms with van der Waals surface area (Å²) in [6.07, 6.45) is 0.889. The molecule has 0 bridgehead atoms. The topological polar surface area (TPSA) is 159 Å². The minimum absolute atomic E-state index is 0.0652. The first-order chi connectivity index (χ1) is 9.70. The fourth-order valence-electron chi connectivity index (χ4n) is 1.92. The minimum Gasteiger partial charge on any atom is -0.480 e. The molecule has 0 fully saturated rings. The lowest BCUT2D eigenvalue weighted by Gasteiger charge is -2.26. The number of amides is 1. The van der Waals surface area contributed by atoms with Crippen LogP contribution in [0, 0.1) is 11.8 Å². The zero-order valence-corrected chi connectivity index (χ0v) is 12.5. The third-order valence-electron chi connectivity index (χ3n) is 3.40. The Bertz CT molecular complexity index is 341. The molecule has 8 N–H and O–H groups in total. The van der Waals surface area contributed by atoms with Crippen LogP contribution < -0.4 is 16.8 Å². The molecule has 0 aliphatic carbocycles. The van der Waals surface area contributed by atoms with E-state index in [1.807, 2.05) is 0 Å². The van der Waals surface area contributed by atoms with Crippen LogP contribution in [0.4, 0.5) is 0 Å². The number of nitrogens with one attached hydrogen (secondary N) is 1. The van der Waals surface area contributed by atoms with Crippen LogP contribution in [-0.4, -0.2) is 52.8 Å². The Morgan fingerprint density at radius 1 is 1.29 bits per heavy atom. The third-order valence-corrected chi connectivity index (χ3v) is 3.40. The van der Waals surface area contributed by atoms with Gasteiger partial charge in [0.15, 0.2) is 0 Å². The summed E-state index contributed by atoms with van der Waals surface area (Å²) < 4.78 is 0. The number of rotatable bonds is 10. The maximum absolute atomic E-state index is 11.9. The molecule has 8 nitrogen and oxygen atoms in total. The van der Waals surface area contributed by atoms with E-state index in [1.165, 1.54) is 0 Å². The van der Waals surface area contributed by atoms with Crippen molar-refractivity contribution in [3.8, 4) is 0 Å². The van der Waals surface area contributed by atoms with Crippen molar-refractivity contribution < 1.29 is 24.7 Å². The number of aliphatic carboxylic acids is 1. The summed E-state index contributed by atoms with van der Waals surface area (Å²) in [5, 5.41) is 29.2. The Labute approximate surface area is 125 Å². The van der Waals surface area contributed by atoms with Gasteiger partial charge in [-0.2, -0.15) is 0 Å². The number of hydrogen-bond acceptors (Lipinski definition) is 6. The van der Waals surface area contributed by atoms with E-state index in [0.29, 0.717) is 12.8 Å². The molecule has 9 heteroatoms. The Kier molecular flexibility index (Phi) is 9.19. The largest absolute Gasteiger partial charge is 0.480 e. The SMILES string of the molecule is CC(C)[C@H](N)C(=O)N[C@H](C(=O)O)[C@@H](CN)CCCB(O)O. The van der Waals surface area contributed by atoms with Gasteiger partial charge in [-0.3, -0.25) is 4.79 Å². The second-order valence-corrected chi connectivity index (χ2v) is 5.50. The molecule has 0 rings (SSSR count). The van der Waals surface area contributed by atoms with Crippen molar-refractivity contribution in [2.24, 2.45) is 23.3 Å². The highest BCUT2D eigenvalue weighted by atomic mass is 16.4. The number of hydrogen-bond donors (Lipinski definition) is 6. The number of carboxylic acid groups (broad SMARTS) is 1. The first-order valence-electron chi connectivity index (χ1n) is 7.05. The van der Waals surface area contributed by atoms with Crippen molar-refractivity contribution in [1.29, 1.82) is 0 Å². The fraction of sp³-hybridized carbons (Fsp3) is 0.833. The van der Waals surface area contributed by atoms with Crippen LogP contribution >= 0.6 is 0 Å². The van der Waals surface area contributed by atoms with Crippen LogP contribution in [0.2, 0.25) is 6.32 Å². The van der Waals surface area contributed by atoms with Gasteiger partial charge in [0.25, 0.3) is 0 Å². The van der Waals surface area contributed by atoms with E-state index in [4.69, 9.17) is 21.5 Å². The standard InChI is InChI=1S/C12H26BN3O5/c1-7(2)9(15)11(17)16-10(12(18)19)8(6-14)4-3-5-13(20)21/h7-10,20-21H,3-6,14-15H2,1-2H3,(H,16,17)(H,18,19)/t8-,9+,10+/m1/s1. The van der Waals surface area contributed by atoms with Crippen LogP contribution in [0.3, 0.4) is 0 Å². The molecular weight excluding hydrogens is 277 g/mol. The highest BCUT2D eigenvalue weighted by Crippen LogP contribution is 2.14. The summed E-state index contributed by atoms with van der Waals surface area (Å²) in [7, 11) is -1.43. The lowest BCUT2D eigenvalue weighted by molar-refractivity contribution is -0.143. The van der Waals surface area contributed by atoms with Crippen molar-refractivity contribution in [1.82, 2.24) is 5.32 Å². The van der Waals surface area contributed by atoms with Gasteiger partial charge in [0.2, 0.25) is 5.91 Å². The normalized spacial score (nSPS) is 15.4. The Hall–Kier alpha value is -1.16. The first kappa shape index (κ1) is 19.8. The van der Waals surface area contributed by atoms with Crippen LogP contribution in [0.5, 0.6) is 0 Å². The number of carboxylic acids is 1. The lowest BCUT2D eigenvalue weighted by Crippen LogP contribution is -2.54. The Balaban J connectivity index is 4.69. The summed E-state index contributed by atoms with van der Waals surface area (Å²) >= 11 is 0. The molecule has 0 aromatic rings. The van der Waals surface area contributed by atoms with E-state index in [9.17, 15) is 14.7 Å². The fourth-order valence-corrected chi connectivity index (χ4v) is 1.92. The molecular formula is C12H26BN3O5. The van der Waals surface area contributed by atoms with Gasteiger partial charge < -0.3 is 31.9 Å². The highest BCUT2D eigenvalue weighted by Gasteiger charge is 2.31. The van der Waals surface area contributed by atoms with E-state index in [-0.39, 0.29) is 18.8 Å². The summed E-state index contributed by atoms with van der Waals surface area (Å²) in [5.41, 5.74) is 11.3. The van der Waals surface area contributed by atoms with Crippen molar-refractivity contribution in [2.45, 2.75) is 45.1 Å². The Morgan fingerprint density at radius 3 is 2.24 bits per heavy atom. The van der Waals surface area contributed by atoms with E-state index in [0.717, 1.165) is 0 Å². The molecule has 3 atom stereocenters. The molecule has 0 aromatic carbocycles. The molecule has 0 saturated heterocycles. The third kappa shape index (κ3) is 7.42. The second-order valence-electron chi connectivity index (χ2n) is 5.50. The van der Waals surface area contributed by atoms with Crippen molar-refractivity contribution >= 4 is 19.0 Å². The molecule has 0 aliphatic rings. The van der Waals surface area contributed by atoms with Crippen molar-refractivity contribution in [3.63, 3.8) is 0 Å². The van der Waals surface area contributed by atoms with Gasteiger partial charge in [-0.15, -0.1) is 0 Å². The summed E-state index contributed by atoms with van der Waals surface area (Å²) in [6, 6.07) is -1.92. The van der Waals surface area contributed by atoms with E-state index in [1.54, 1.807) is 13.8 Å². The molecule has 0 aromatic heterocycles. The van der Waals surface area contributed by atoms with Gasteiger partial charge in [-0.05, 0) is 25.2 Å². The van der Waals surface area contributed by atoms with Crippen LogP contribution in [-0.2, 0) is 9.59 Å². The van der Waals surface area contributed by atoms with Gasteiger partial charge in [-0.25, -0.2) is 4.79 Å². The number of nitrogens with two attached hydrogens (primary N) is 2. The predicted octanol–water partition coefficient (Wildman–Crippen LogP) is -1.63. The van der Waals surface area contributed by atoms with Gasteiger partial charge in [0.1, 0.15) is 6.04 Å². The maximum atomic E-state index is 11.9. The average molecular weight is 303 g/mol. The summed E-state index contributed by atoms with van der Waals surface area (Å²) in [4.78, 5) is 23.2. The van der Waals surface area contributed by atoms with E-state index < -0.39 is 37.0 Å². The Morgan fingerprint density at radius 2 is 1.86 bits per heavy atom. The smallest absolute Gasteiger partial charge is 0.451 e. The molecule has 0 saturated carbocycles. The van der Waals surface area contributed by atoms with E-state index in [2.05, 4.69) is 5.32 Å². The zero-order valence-electron chi connectivity index (χ0n) is 12.5. The molecule has 0 radical (unpaired) electrons. The summed E-state index contributed by atoms with van der Waals surface area (Å²) in [5.74, 6) is -2.32. The predicted molar refractivity (Wildman–Crippen MR) is 79.2 cm³/mol. The van der Waals surface area contributed by atoms with Gasteiger partial charge in [-0.1, -0.05) is 20.3 Å². The molecule has 0 heterocycles. The first-order valence-corrected chi connectivity index (χ1v) is 7.05. The second kappa shape index (κ2) is 9.72. The maximum Gasteiger partial charge on any atom is 0.451 e. The molecule has 0 spiro atoms. The minimum atomic E-state index is -1.43. The van der Waals surface area contributed by atoms with E-state index >= 15 is 0 Å². The molecule has 122 valence electrons. The van der Waals surface area contributed by atoms with Crippen LogP contribution in [0.25, 0.3) is 0 Å². The zero-order chi connectivity index (χ0) is 16.6. The van der Waals surface area contributed by atoms with Crippen LogP contribution in [0.15, 0.2) is 0 Å². The van der Waals surface area contributed by atoms with Crippen molar-refractivity contribution in [3.05, 3.63) is 0 Å². The number of carbonyl (C=O) groups is 2. The summed E-state index contributed by atoms with van der Waals surface area (Å²) in [6.45, 7) is 3.60. The molecule has 21 heavy (non-hydrogen) atoms. The van der Waals surface area contributed by atoms with Gasteiger partial charge in [0, 0.05) is 5.92 Å². The van der Waals surface area contributed by atoms with Crippen molar-refractivity contribution in [2.75, 3.05) is 6.54 Å². The molecule has 0 aliphatic heterocycles. The lowest BCUT2D eigenvalue weighted by atomic mass is 9.81. The molecule has 0 unspecified atom stereocenters.